The molecule has 28 heavy (non-hydrogen) atoms. The van der Waals surface area contributed by atoms with Crippen LogP contribution < -0.4 is 15.3 Å². The minimum atomic E-state index is -0.745. The van der Waals surface area contributed by atoms with Crippen molar-refractivity contribution in [3.05, 3.63) is 70.8 Å². The molecule has 1 aromatic heterocycles. The normalized spacial score (nSPS) is 13.9. The largest absolute Gasteiger partial charge is 0.497 e. The Morgan fingerprint density at radius 1 is 1.18 bits per heavy atom. The summed E-state index contributed by atoms with van der Waals surface area (Å²) in [4.78, 5) is 31.4. The van der Waals surface area contributed by atoms with E-state index in [1.807, 2.05) is 42.5 Å². The standard InChI is InChI=1S/C21H20N4O3/c1-14(20(26)24-11-10-15-6-3-4-9-19(15)24)25-21(27)23-18(13-22-25)16-7-5-8-17(12-16)28-2/h3-9,12-14H,10-11H2,1-2H3/t14-/m0/s1. The van der Waals surface area contributed by atoms with Crippen molar-refractivity contribution in [1.82, 2.24) is 14.8 Å². The summed E-state index contributed by atoms with van der Waals surface area (Å²) in [5.41, 5.74) is 2.63. The number of anilines is 1. The van der Waals surface area contributed by atoms with Crippen molar-refractivity contribution in [3.63, 3.8) is 0 Å². The summed E-state index contributed by atoms with van der Waals surface area (Å²) in [6, 6.07) is 14.3. The first-order chi connectivity index (χ1) is 13.6. The first-order valence-corrected chi connectivity index (χ1v) is 9.08. The topological polar surface area (TPSA) is 77.3 Å². The van der Waals surface area contributed by atoms with Crippen LogP contribution in [0.3, 0.4) is 0 Å². The van der Waals surface area contributed by atoms with Crippen molar-refractivity contribution in [2.24, 2.45) is 0 Å². The van der Waals surface area contributed by atoms with E-state index in [0.717, 1.165) is 27.9 Å². The molecule has 7 heteroatoms. The Morgan fingerprint density at radius 2 is 2.00 bits per heavy atom. The summed E-state index contributed by atoms with van der Waals surface area (Å²) < 4.78 is 6.34. The number of rotatable bonds is 4. The van der Waals surface area contributed by atoms with E-state index in [1.165, 1.54) is 6.20 Å². The van der Waals surface area contributed by atoms with Crippen molar-refractivity contribution >= 4 is 11.6 Å². The molecular weight excluding hydrogens is 356 g/mol. The number of amides is 1. The minimum absolute atomic E-state index is 0.171. The van der Waals surface area contributed by atoms with Crippen LogP contribution in [0.15, 0.2) is 59.5 Å². The molecule has 0 saturated carbocycles. The second kappa shape index (κ2) is 7.26. The van der Waals surface area contributed by atoms with Crippen LogP contribution >= 0.6 is 0 Å². The lowest BCUT2D eigenvalue weighted by molar-refractivity contribution is -0.121. The third-order valence-electron chi connectivity index (χ3n) is 4.96. The Bertz CT molecular complexity index is 1090. The molecule has 142 valence electrons. The van der Waals surface area contributed by atoms with Crippen molar-refractivity contribution in [2.75, 3.05) is 18.6 Å². The Morgan fingerprint density at radius 3 is 2.79 bits per heavy atom. The molecule has 2 aromatic carbocycles. The number of hydrogen-bond donors (Lipinski definition) is 0. The van der Waals surface area contributed by atoms with Crippen LogP contribution in [0.4, 0.5) is 5.69 Å². The zero-order valence-electron chi connectivity index (χ0n) is 15.7. The highest BCUT2D eigenvalue weighted by molar-refractivity contribution is 5.97. The van der Waals surface area contributed by atoms with Crippen molar-refractivity contribution in [1.29, 1.82) is 0 Å². The van der Waals surface area contributed by atoms with Crippen LogP contribution in [0, 0.1) is 0 Å². The van der Waals surface area contributed by atoms with Gasteiger partial charge in [0.05, 0.1) is 19.0 Å². The molecule has 7 nitrogen and oxygen atoms in total. The minimum Gasteiger partial charge on any atom is -0.497 e. The van der Waals surface area contributed by atoms with Crippen LogP contribution in [-0.4, -0.2) is 34.3 Å². The Kier molecular flexibility index (Phi) is 4.65. The summed E-state index contributed by atoms with van der Waals surface area (Å²) >= 11 is 0. The predicted molar refractivity (Wildman–Crippen MR) is 105 cm³/mol. The Labute approximate surface area is 162 Å². The maximum absolute atomic E-state index is 13.0. The molecule has 3 aromatic rings. The van der Waals surface area contributed by atoms with Crippen LogP contribution in [-0.2, 0) is 11.2 Å². The molecule has 1 aliphatic rings. The molecule has 1 atom stereocenters. The molecule has 0 bridgehead atoms. The lowest BCUT2D eigenvalue weighted by atomic mass is 10.1. The fourth-order valence-electron chi connectivity index (χ4n) is 3.43. The number of nitrogens with zero attached hydrogens (tertiary/aromatic N) is 4. The maximum atomic E-state index is 13.0. The second-order valence-corrected chi connectivity index (χ2v) is 6.65. The van der Waals surface area contributed by atoms with Gasteiger partial charge < -0.3 is 9.64 Å². The Balaban J connectivity index is 1.61. The summed E-state index contributed by atoms with van der Waals surface area (Å²) in [6.07, 6.45) is 2.31. The SMILES string of the molecule is COc1cccc(-c2cnn([C@@H](C)C(=O)N3CCc4ccccc43)c(=O)n2)c1. The number of benzene rings is 2. The molecule has 0 N–H and O–H groups in total. The zero-order chi connectivity index (χ0) is 19.7. The van der Waals surface area contributed by atoms with Gasteiger partial charge in [0.2, 0.25) is 0 Å². The molecule has 0 saturated heterocycles. The average molecular weight is 376 g/mol. The molecule has 4 rings (SSSR count). The summed E-state index contributed by atoms with van der Waals surface area (Å²) in [6.45, 7) is 2.27. The van der Waals surface area contributed by atoms with Crippen molar-refractivity contribution < 1.29 is 9.53 Å². The number of hydrogen-bond acceptors (Lipinski definition) is 5. The van der Waals surface area contributed by atoms with E-state index in [0.29, 0.717) is 18.0 Å². The molecule has 1 aliphatic heterocycles. The lowest BCUT2D eigenvalue weighted by Gasteiger charge is -2.22. The van der Waals surface area contributed by atoms with E-state index >= 15 is 0 Å². The highest BCUT2D eigenvalue weighted by Gasteiger charge is 2.29. The maximum Gasteiger partial charge on any atom is 0.365 e. The summed E-state index contributed by atoms with van der Waals surface area (Å²) in [5.74, 6) is 0.496. The zero-order valence-corrected chi connectivity index (χ0v) is 15.7. The number of para-hydroxylation sites is 1. The quantitative estimate of drug-likeness (QED) is 0.699. The van der Waals surface area contributed by atoms with Gasteiger partial charge in [0.25, 0.3) is 5.91 Å². The fourth-order valence-corrected chi connectivity index (χ4v) is 3.43. The monoisotopic (exact) mass is 376 g/mol. The van der Waals surface area contributed by atoms with Gasteiger partial charge in [-0.3, -0.25) is 4.79 Å². The highest BCUT2D eigenvalue weighted by atomic mass is 16.5. The molecule has 1 amide bonds. The molecule has 0 fully saturated rings. The average Bonchev–Trinajstić information content (AvgIpc) is 3.17. The lowest BCUT2D eigenvalue weighted by Crippen LogP contribution is -2.40. The molecule has 0 radical (unpaired) electrons. The van der Waals surface area contributed by atoms with Crippen LogP contribution in [0.2, 0.25) is 0 Å². The van der Waals surface area contributed by atoms with Gasteiger partial charge in [-0.05, 0) is 37.1 Å². The van der Waals surface area contributed by atoms with E-state index in [4.69, 9.17) is 4.74 Å². The predicted octanol–water partition coefficient (Wildman–Crippen LogP) is 2.46. The van der Waals surface area contributed by atoms with Crippen LogP contribution in [0.1, 0.15) is 18.5 Å². The van der Waals surface area contributed by atoms with Gasteiger partial charge in [-0.1, -0.05) is 30.3 Å². The number of aromatic nitrogens is 3. The smallest absolute Gasteiger partial charge is 0.365 e. The van der Waals surface area contributed by atoms with Gasteiger partial charge >= 0.3 is 5.69 Å². The van der Waals surface area contributed by atoms with E-state index < -0.39 is 11.7 Å². The molecule has 2 heterocycles. The number of ether oxygens (including phenoxy) is 1. The van der Waals surface area contributed by atoms with E-state index in [2.05, 4.69) is 10.1 Å². The Hall–Kier alpha value is -3.48. The summed E-state index contributed by atoms with van der Waals surface area (Å²) in [5, 5.41) is 4.21. The van der Waals surface area contributed by atoms with E-state index in [1.54, 1.807) is 25.0 Å². The number of carbonyl (C=O) groups is 1. The molecular formula is C21H20N4O3. The van der Waals surface area contributed by atoms with Gasteiger partial charge in [0, 0.05) is 17.8 Å². The van der Waals surface area contributed by atoms with Crippen molar-refractivity contribution in [2.45, 2.75) is 19.4 Å². The van der Waals surface area contributed by atoms with Gasteiger partial charge in [0.1, 0.15) is 11.8 Å². The molecule has 0 unspecified atom stereocenters. The van der Waals surface area contributed by atoms with Gasteiger partial charge in [-0.15, -0.1) is 0 Å². The second-order valence-electron chi connectivity index (χ2n) is 6.65. The van der Waals surface area contributed by atoms with Crippen molar-refractivity contribution in [3.8, 4) is 17.0 Å². The third kappa shape index (κ3) is 3.15. The van der Waals surface area contributed by atoms with E-state index in [9.17, 15) is 9.59 Å². The van der Waals surface area contributed by atoms with Gasteiger partial charge in [0.15, 0.2) is 0 Å². The van der Waals surface area contributed by atoms with E-state index in [-0.39, 0.29) is 5.91 Å². The fraction of sp³-hybridized carbons (Fsp3) is 0.238. The molecule has 0 spiro atoms. The first kappa shape index (κ1) is 17.9. The number of fused-ring (bicyclic) bond motifs is 1. The highest BCUT2D eigenvalue weighted by Crippen LogP contribution is 2.29. The van der Waals surface area contributed by atoms with Crippen LogP contribution in [0.25, 0.3) is 11.3 Å². The molecule has 0 aliphatic carbocycles. The van der Waals surface area contributed by atoms with Crippen LogP contribution in [0.5, 0.6) is 5.75 Å². The number of carbonyl (C=O) groups excluding carboxylic acids is 1. The van der Waals surface area contributed by atoms with Gasteiger partial charge in [-0.25, -0.2) is 9.48 Å². The first-order valence-electron chi connectivity index (χ1n) is 9.08. The summed E-state index contributed by atoms with van der Waals surface area (Å²) in [7, 11) is 1.58. The number of methoxy groups -OCH3 is 1. The third-order valence-corrected chi connectivity index (χ3v) is 4.96. The van der Waals surface area contributed by atoms with Gasteiger partial charge in [-0.2, -0.15) is 10.1 Å².